The van der Waals surface area contributed by atoms with Crippen molar-refractivity contribution in [3.05, 3.63) is 65.0 Å². The first kappa shape index (κ1) is 21.6. The van der Waals surface area contributed by atoms with Gasteiger partial charge in [0.1, 0.15) is 5.75 Å². The minimum atomic E-state index is -3.80. The van der Waals surface area contributed by atoms with Crippen molar-refractivity contribution in [1.29, 1.82) is 0 Å². The molecule has 29 heavy (non-hydrogen) atoms. The number of unbranched alkanes of at least 4 members (excludes halogenated alkanes) is 1. The lowest BCUT2D eigenvalue weighted by atomic mass is 9.77. The number of rotatable bonds is 7. The maximum Gasteiger partial charge on any atom is 0.426 e. The molecule has 0 N–H and O–H groups in total. The van der Waals surface area contributed by atoms with Gasteiger partial charge in [-0.2, -0.15) is 8.78 Å². The molecule has 1 nitrogen and oxygen atoms in total. The van der Waals surface area contributed by atoms with E-state index in [1.54, 1.807) is 12.1 Å². The van der Waals surface area contributed by atoms with Crippen molar-refractivity contribution < 1.29 is 26.7 Å². The molecule has 0 aromatic heterocycles. The van der Waals surface area contributed by atoms with E-state index in [2.05, 4.69) is 11.7 Å². The van der Waals surface area contributed by atoms with Crippen LogP contribution in [0.15, 0.2) is 36.4 Å². The second-order valence-corrected chi connectivity index (χ2v) is 7.80. The molecule has 0 heterocycles. The molecule has 3 rings (SSSR count). The summed E-state index contributed by atoms with van der Waals surface area (Å²) in [7, 11) is 0. The molecule has 0 spiro atoms. The summed E-state index contributed by atoms with van der Waals surface area (Å²) in [5.74, 6) is -4.55. The molecule has 0 bridgehead atoms. The van der Waals surface area contributed by atoms with Gasteiger partial charge in [0.2, 0.25) is 0 Å². The van der Waals surface area contributed by atoms with Crippen LogP contribution >= 0.6 is 0 Å². The monoisotopic (exact) mass is 412 g/mol. The zero-order chi connectivity index (χ0) is 21.0. The normalized spacial score (nSPS) is 19.9. The predicted octanol–water partition coefficient (Wildman–Crippen LogP) is 7.70. The Bertz CT molecular complexity index is 788. The van der Waals surface area contributed by atoms with Crippen molar-refractivity contribution >= 4 is 0 Å². The molecule has 6 heteroatoms. The van der Waals surface area contributed by atoms with Crippen molar-refractivity contribution in [2.45, 2.75) is 63.9 Å². The molecule has 1 saturated carbocycles. The average molecular weight is 412 g/mol. The molecule has 0 saturated heterocycles. The van der Waals surface area contributed by atoms with E-state index in [9.17, 15) is 22.0 Å². The van der Waals surface area contributed by atoms with Crippen LogP contribution in [0.3, 0.4) is 0 Å². The Kier molecular flexibility index (Phi) is 6.81. The van der Waals surface area contributed by atoms with Gasteiger partial charge in [0.15, 0.2) is 17.5 Å². The lowest BCUT2D eigenvalue weighted by molar-refractivity contribution is -0.185. The molecule has 0 radical (unpaired) electrons. The first-order valence-electron chi connectivity index (χ1n) is 10.1. The summed E-state index contributed by atoms with van der Waals surface area (Å²) in [4.78, 5) is 0. The van der Waals surface area contributed by atoms with Crippen LogP contribution in [0, 0.1) is 23.4 Å². The molecule has 0 aliphatic heterocycles. The molecule has 0 amide bonds. The van der Waals surface area contributed by atoms with Crippen molar-refractivity contribution in [2.75, 3.05) is 0 Å². The van der Waals surface area contributed by atoms with Crippen LogP contribution in [0.5, 0.6) is 5.75 Å². The van der Waals surface area contributed by atoms with E-state index in [1.807, 2.05) is 0 Å². The van der Waals surface area contributed by atoms with Crippen molar-refractivity contribution in [3.8, 4) is 5.75 Å². The first-order chi connectivity index (χ1) is 13.8. The SMILES string of the molecule is CCCCC1CCC(c2ccc(C(F)(F)Oc3cc(F)c(F)c(F)c3)cc2)CC1. The molecular weight excluding hydrogens is 387 g/mol. The van der Waals surface area contributed by atoms with E-state index in [0.29, 0.717) is 18.1 Å². The number of hydrogen-bond donors (Lipinski definition) is 0. The highest BCUT2D eigenvalue weighted by Gasteiger charge is 2.35. The van der Waals surface area contributed by atoms with Gasteiger partial charge in [-0.05, 0) is 55.2 Å². The number of ether oxygens (including phenoxy) is 1. The van der Waals surface area contributed by atoms with Gasteiger partial charge in [-0.1, -0.05) is 38.3 Å². The standard InChI is InChI=1S/C23H25F5O/c1-2-3-4-15-5-7-16(8-6-15)17-9-11-18(12-10-17)23(27,28)29-19-13-20(24)22(26)21(25)14-19/h9-16H,2-8H2,1H3. The molecule has 1 fully saturated rings. The topological polar surface area (TPSA) is 9.23 Å². The number of alkyl halides is 2. The minimum absolute atomic E-state index is 0.358. The Morgan fingerprint density at radius 1 is 0.931 bits per heavy atom. The summed E-state index contributed by atoms with van der Waals surface area (Å²) >= 11 is 0. The van der Waals surface area contributed by atoms with Crippen LogP contribution in [0.4, 0.5) is 22.0 Å². The maximum absolute atomic E-state index is 14.4. The van der Waals surface area contributed by atoms with Crippen LogP contribution in [0.25, 0.3) is 0 Å². The van der Waals surface area contributed by atoms with Crippen LogP contribution < -0.4 is 4.74 Å². The highest BCUT2D eigenvalue weighted by molar-refractivity contribution is 5.30. The van der Waals surface area contributed by atoms with Gasteiger partial charge in [0, 0.05) is 12.1 Å². The van der Waals surface area contributed by atoms with Crippen molar-refractivity contribution in [1.82, 2.24) is 0 Å². The van der Waals surface area contributed by atoms with Gasteiger partial charge in [0.25, 0.3) is 0 Å². The van der Waals surface area contributed by atoms with Crippen LogP contribution in [-0.2, 0) is 6.11 Å². The summed E-state index contributed by atoms with van der Waals surface area (Å²) in [6.45, 7) is 2.19. The second-order valence-electron chi connectivity index (χ2n) is 7.80. The maximum atomic E-state index is 14.4. The smallest absolute Gasteiger partial charge is 0.426 e. The fourth-order valence-electron chi connectivity index (χ4n) is 4.02. The third-order valence-electron chi connectivity index (χ3n) is 5.73. The third kappa shape index (κ3) is 5.28. The van der Waals surface area contributed by atoms with Gasteiger partial charge < -0.3 is 4.74 Å². The van der Waals surface area contributed by atoms with E-state index >= 15 is 0 Å². The molecule has 1 aliphatic carbocycles. The Hall–Kier alpha value is -2.11. The number of benzene rings is 2. The summed E-state index contributed by atoms with van der Waals surface area (Å²) < 4.78 is 72.7. The lowest BCUT2D eigenvalue weighted by Gasteiger charge is -2.29. The quantitative estimate of drug-likeness (QED) is 0.334. The van der Waals surface area contributed by atoms with Crippen LogP contribution in [0.1, 0.15) is 68.9 Å². The summed E-state index contributed by atoms with van der Waals surface area (Å²) in [5, 5.41) is 0. The predicted molar refractivity (Wildman–Crippen MR) is 102 cm³/mol. The Balaban J connectivity index is 1.65. The molecule has 2 aromatic rings. The number of hydrogen-bond acceptors (Lipinski definition) is 1. The minimum Gasteiger partial charge on any atom is -0.429 e. The Labute approximate surface area is 167 Å². The van der Waals surface area contributed by atoms with Crippen LogP contribution in [0.2, 0.25) is 0 Å². The largest absolute Gasteiger partial charge is 0.429 e. The highest BCUT2D eigenvalue weighted by Crippen LogP contribution is 2.39. The third-order valence-corrected chi connectivity index (χ3v) is 5.73. The molecule has 158 valence electrons. The molecule has 2 aromatic carbocycles. The van der Waals surface area contributed by atoms with E-state index in [-0.39, 0.29) is 0 Å². The van der Waals surface area contributed by atoms with Gasteiger partial charge >= 0.3 is 6.11 Å². The Morgan fingerprint density at radius 3 is 2.07 bits per heavy atom. The molecule has 1 aliphatic rings. The zero-order valence-electron chi connectivity index (χ0n) is 16.4. The summed E-state index contributed by atoms with van der Waals surface area (Å²) in [6.07, 6.45) is 4.34. The fraction of sp³-hybridized carbons (Fsp3) is 0.478. The number of halogens is 5. The highest BCUT2D eigenvalue weighted by atomic mass is 19.3. The molecule has 0 atom stereocenters. The van der Waals surface area contributed by atoms with E-state index in [0.717, 1.165) is 37.2 Å². The van der Waals surface area contributed by atoms with Gasteiger partial charge in [-0.3, -0.25) is 0 Å². The van der Waals surface area contributed by atoms with Crippen molar-refractivity contribution in [3.63, 3.8) is 0 Å². The zero-order valence-corrected chi connectivity index (χ0v) is 16.4. The summed E-state index contributed by atoms with van der Waals surface area (Å²) in [5.41, 5.74) is 0.584. The van der Waals surface area contributed by atoms with E-state index in [4.69, 9.17) is 0 Å². The van der Waals surface area contributed by atoms with Crippen molar-refractivity contribution in [2.24, 2.45) is 5.92 Å². The Morgan fingerprint density at radius 2 is 1.52 bits per heavy atom. The second kappa shape index (κ2) is 9.14. The molecule has 0 unspecified atom stereocenters. The van der Waals surface area contributed by atoms with Gasteiger partial charge in [0.05, 0.1) is 5.56 Å². The lowest BCUT2D eigenvalue weighted by Crippen LogP contribution is -2.22. The summed E-state index contributed by atoms with van der Waals surface area (Å²) in [6, 6.07) is 6.67. The molecular formula is C23H25F5O. The average Bonchev–Trinajstić information content (AvgIpc) is 2.70. The van der Waals surface area contributed by atoms with Gasteiger partial charge in [-0.15, -0.1) is 0 Å². The fourth-order valence-corrected chi connectivity index (χ4v) is 4.02. The van der Waals surface area contributed by atoms with E-state index in [1.165, 1.54) is 31.4 Å². The van der Waals surface area contributed by atoms with Gasteiger partial charge in [-0.25, -0.2) is 13.2 Å². The van der Waals surface area contributed by atoms with Crippen LogP contribution in [-0.4, -0.2) is 0 Å². The first-order valence-corrected chi connectivity index (χ1v) is 10.1. The van der Waals surface area contributed by atoms with E-state index < -0.39 is 34.9 Å².